The molecule has 1 amide bonds. The van der Waals surface area contributed by atoms with Crippen LogP contribution >= 0.6 is 28.1 Å². The fourth-order valence-corrected chi connectivity index (χ4v) is 3.20. The van der Waals surface area contributed by atoms with Gasteiger partial charge in [-0.3, -0.25) is 5.01 Å². The molecular formula is C18H24BrN3O4S. The maximum atomic E-state index is 12.3. The van der Waals surface area contributed by atoms with Gasteiger partial charge in [-0.2, -0.15) is 0 Å². The maximum absolute atomic E-state index is 12.3. The van der Waals surface area contributed by atoms with Crippen molar-refractivity contribution < 1.29 is 19.1 Å². The minimum Gasteiger partial charge on any atom is -0.459 e. The molecule has 148 valence electrons. The molecule has 1 fully saturated rings. The first kappa shape index (κ1) is 21.4. The van der Waals surface area contributed by atoms with Gasteiger partial charge in [-0.05, 0) is 73.0 Å². The number of nitrogens with zero attached hydrogens (tertiary/aromatic N) is 2. The van der Waals surface area contributed by atoms with Gasteiger partial charge in [-0.15, -0.1) is 0 Å². The number of thiocarbonyl (C=S) groups is 1. The van der Waals surface area contributed by atoms with Crippen LogP contribution < -0.4 is 5.32 Å². The number of esters is 1. The van der Waals surface area contributed by atoms with Crippen LogP contribution in [0.4, 0.5) is 10.5 Å². The number of anilines is 1. The molecule has 1 atom stereocenters. The average molecular weight is 458 g/mol. The molecule has 27 heavy (non-hydrogen) atoms. The highest BCUT2D eigenvalue weighted by Crippen LogP contribution is 2.24. The van der Waals surface area contributed by atoms with Crippen LogP contribution in [-0.2, 0) is 9.47 Å². The Hall–Kier alpha value is -1.87. The van der Waals surface area contributed by atoms with Gasteiger partial charge in [0.1, 0.15) is 0 Å². The first-order valence-corrected chi connectivity index (χ1v) is 10.1. The van der Waals surface area contributed by atoms with Gasteiger partial charge in [0.15, 0.2) is 5.11 Å². The number of ether oxygens (including phenoxy) is 2. The van der Waals surface area contributed by atoms with E-state index in [4.69, 9.17) is 21.7 Å². The Morgan fingerprint density at radius 1 is 1.30 bits per heavy atom. The van der Waals surface area contributed by atoms with E-state index < -0.39 is 12.1 Å². The predicted octanol–water partition coefficient (Wildman–Crippen LogP) is 4.18. The van der Waals surface area contributed by atoms with E-state index in [-0.39, 0.29) is 6.10 Å². The highest BCUT2D eigenvalue weighted by atomic mass is 79.9. The number of hydrazine groups is 1. The van der Waals surface area contributed by atoms with E-state index >= 15 is 0 Å². The quantitative estimate of drug-likeness (QED) is 0.524. The highest BCUT2D eigenvalue weighted by Gasteiger charge is 2.30. The normalized spacial score (nSPS) is 14.7. The van der Waals surface area contributed by atoms with Crippen molar-refractivity contribution in [1.82, 2.24) is 10.0 Å². The Balaban J connectivity index is 2.10. The number of halogens is 1. The molecule has 1 unspecified atom stereocenters. The summed E-state index contributed by atoms with van der Waals surface area (Å²) in [6.45, 7) is 7.03. The van der Waals surface area contributed by atoms with Crippen LogP contribution in [0.2, 0.25) is 0 Å². The summed E-state index contributed by atoms with van der Waals surface area (Å²) < 4.78 is 11.1. The monoisotopic (exact) mass is 457 g/mol. The number of nitrogens with one attached hydrogen (secondary N) is 1. The summed E-state index contributed by atoms with van der Waals surface area (Å²) >= 11 is 8.82. The molecule has 0 spiro atoms. The number of hydrogen-bond acceptors (Lipinski definition) is 5. The Kier molecular flexibility index (Phi) is 7.85. The molecule has 1 saturated heterocycles. The molecule has 1 N–H and O–H groups in total. The zero-order valence-corrected chi connectivity index (χ0v) is 18.1. The lowest BCUT2D eigenvalue weighted by molar-refractivity contribution is 0.0333. The molecule has 1 aliphatic heterocycles. The van der Waals surface area contributed by atoms with Gasteiger partial charge in [-0.1, -0.05) is 6.92 Å². The zero-order chi connectivity index (χ0) is 20.0. The first-order chi connectivity index (χ1) is 12.9. The third-order valence-corrected chi connectivity index (χ3v) is 5.07. The largest absolute Gasteiger partial charge is 0.459 e. The minimum absolute atomic E-state index is 0.162. The standard InChI is InChI=1S/C18H24BrN3O4S/c1-4-12(3)26-16(23)14-11-13(7-8-15(14)19)20-17(27)21-9-6-10-22(21)18(24)25-5-2/h7-8,11-12H,4-6,9-10H2,1-3H3,(H,20,27). The topological polar surface area (TPSA) is 71.1 Å². The summed E-state index contributed by atoms with van der Waals surface area (Å²) in [5.74, 6) is -0.403. The zero-order valence-electron chi connectivity index (χ0n) is 15.7. The Morgan fingerprint density at radius 3 is 2.67 bits per heavy atom. The van der Waals surface area contributed by atoms with Crippen LogP contribution in [0, 0.1) is 0 Å². The van der Waals surface area contributed by atoms with Crippen molar-refractivity contribution in [3.63, 3.8) is 0 Å². The fourth-order valence-electron chi connectivity index (χ4n) is 2.49. The molecule has 1 aromatic rings. The molecule has 2 rings (SSSR count). The van der Waals surface area contributed by atoms with Crippen molar-refractivity contribution in [2.24, 2.45) is 0 Å². The van der Waals surface area contributed by atoms with E-state index in [1.165, 1.54) is 5.01 Å². The second-order valence-electron chi connectivity index (χ2n) is 6.05. The summed E-state index contributed by atoms with van der Waals surface area (Å²) in [5, 5.41) is 6.60. The van der Waals surface area contributed by atoms with Crippen molar-refractivity contribution >= 4 is 51.0 Å². The van der Waals surface area contributed by atoms with Crippen molar-refractivity contribution in [3.05, 3.63) is 28.2 Å². The molecule has 0 radical (unpaired) electrons. The van der Waals surface area contributed by atoms with Crippen LogP contribution in [0.5, 0.6) is 0 Å². The molecular weight excluding hydrogens is 434 g/mol. The number of rotatable bonds is 5. The van der Waals surface area contributed by atoms with Gasteiger partial charge >= 0.3 is 12.1 Å². The van der Waals surface area contributed by atoms with E-state index in [1.54, 1.807) is 30.1 Å². The van der Waals surface area contributed by atoms with Gasteiger partial charge in [0.25, 0.3) is 0 Å². The number of carbonyl (C=O) groups excluding carboxylic acids is 2. The first-order valence-electron chi connectivity index (χ1n) is 8.90. The van der Waals surface area contributed by atoms with Gasteiger partial charge in [0.05, 0.1) is 18.3 Å². The lowest BCUT2D eigenvalue weighted by atomic mass is 10.2. The van der Waals surface area contributed by atoms with E-state index in [0.717, 1.165) is 12.8 Å². The van der Waals surface area contributed by atoms with Gasteiger partial charge in [0, 0.05) is 23.2 Å². The van der Waals surface area contributed by atoms with Crippen molar-refractivity contribution in [3.8, 4) is 0 Å². The summed E-state index contributed by atoms with van der Waals surface area (Å²) in [6.07, 6.45) is 0.954. The maximum Gasteiger partial charge on any atom is 0.428 e. The smallest absolute Gasteiger partial charge is 0.428 e. The molecule has 0 aliphatic carbocycles. The third-order valence-electron chi connectivity index (χ3n) is 4.06. The van der Waals surface area contributed by atoms with E-state index in [2.05, 4.69) is 21.2 Å². The van der Waals surface area contributed by atoms with Crippen molar-refractivity contribution in [2.75, 3.05) is 25.0 Å². The Bertz CT molecular complexity index is 716. The summed E-state index contributed by atoms with van der Waals surface area (Å²) in [6, 6.07) is 5.22. The van der Waals surface area contributed by atoms with Crippen molar-refractivity contribution in [2.45, 2.75) is 39.7 Å². The predicted molar refractivity (Wildman–Crippen MR) is 111 cm³/mol. The van der Waals surface area contributed by atoms with Crippen LogP contribution in [0.1, 0.15) is 44.0 Å². The minimum atomic E-state index is -0.423. The van der Waals surface area contributed by atoms with E-state index in [9.17, 15) is 9.59 Å². The van der Waals surface area contributed by atoms with Crippen LogP contribution in [0.15, 0.2) is 22.7 Å². The summed E-state index contributed by atoms with van der Waals surface area (Å²) in [5.41, 5.74) is 1.04. The van der Waals surface area contributed by atoms with Crippen LogP contribution in [0.3, 0.4) is 0 Å². The lowest BCUT2D eigenvalue weighted by Crippen LogP contribution is -2.46. The summed E-state index contributed by atoms with van der Waals surface area (Å²) in [4.78, 5) is 24.4. The molecule has 0 saturated carbocycles. The van der Waals surface area contributed by atoms with E-state index in [1.807, 2.05) is 13.8 Å². The molecule has 0 aromatic heterocycles. The Labute approximate surface area is 173 Å². The SMILES string of the molecule is CCOC(=O)N1CCCN1C(=S)Nc1ccc(Br)c(C(=O)OC(C)CC)c1. The fraction of sp³-hybridized carbons (Fsp3) is 0.500. The molecule has 0 bridgehead atoms. The van der Waals surface area contributed by atoms with Gasteiger partial charge < -0.3 is 14.8 Å². The van der Waals surface area contributed by atoms with Crippen LogP contribution in [-0.4, -0.2) is 53.0 Å². The molecule has 1 aromatic carbocycles. The molecule has 1 aliphatic rings. The second kappa shape index (κ2) is 9.89. The van der Waals surface area contributed by atoms with Gasteiger partial charge in [0.2, 0.25) is 0 Å². The number of hydrogen-bond donors (Lipinski definition) is 1. The number of carbonyl (C=O) groups is 2. The number of amides is 1. The second-order valence-corrected chi connectivity index (χ2v) is 7.29. The molecule has 9 heteroatoms. The van der Waals surface area contributed by atoms with Crippen molar-refractivity contribution in [1.29, 1.82) is 0 Å². The van der Waals surface area contributed by atoms with Gasteiger partial charge in [-0.25, -0.2) is 14.6 Å². The average Bonchev–Trinajstić information content (AvgIpc) is 3.13. The summed E-state index contributed by atoms with van der Waals surface area (Å²) in [7, 11) is 0. The molecule has 1 heterocycles. The Morgan fingerprint density at radius 2 is 2.00 bits per heavy atom. The van der Waals surface area contributed by atoms with E-state index in [0.29, 0.717) is 40.5 Å². The third kappa shape index (κ3) is 5.55. The molecule has 7 nitrogen and oxygen atoms in total. The highest BCUT2D eigenvalue weighted by molar-refractivity contribution is 9.10. The lowest BCUT2D eigenvalue weighted by Gasteiger charge is -2.29. The number of benzene rings is 1. The van der Waals surface area contributed by atoms with Crippen LogP contribution in [0.25, 0.3) is 0 Å².